The fourth-order valence-corrected chi connectivity index (χ4v) is 3.33. The zero-order chi connectivity index (χ0) is 20.0. The third kappa shape index (κ3) is 6.51. The van der Waals surface area contributed by atoms with Crippen molar-refractivity contribution >= 4 is 14.5 Å². The van der Waals surface area contributed by atoms with Crippen molar-refractivity contribution in [1.29, 1.82) is 0 Å². The molecule has 1 fully saturated rings. The zero-order valence-electron chi connectivity index (χ0n) is 15.6. The molecular weight excluding hydrogens is 377 g/mol. The van der Waals surface area contributed by atoms with Crippen molar-refractivity contribution in [2.45, 2.75) is 39.5 Å². The van der Waals surface area contributed by atoms with Crippen LogP contribution in [0.15, 0.2) is 21.9 Å². The second-order valence-corrected chi connectivity index (χ2v) is 7.80. The molecule has 152 valence electrons. The monoisotopic (exact) mass is 403 g/mol. The molecule has 1 aromatic rings. The topological polar surface area (TPSA) is 132 Å². The number of H-pyrrole nitrogens is 1. The number of carbonyl (C=O) groups excluding carboxylic acids is 1. The molecule has 11 heteroatoms. The largest absolute Gasteiger partial charge is 0.464 e. The van der Waals surface area contributed by atoms with Crippen LogP contribution in [-0.2, 0) is 18.8 Å². The van der Waals surface area contributed by atoms with Gasteiger partial charge in [0.05, 0.1) is 18.6 Å². The summed E-state index contributed by atoms with van der Waals surface area (Å²) >= 11 is 0. The molecule has 0 aliphatic carbocycles. The minimum absolute atomic E-state index is 0.0375. The number of nitrogens with one attached hydrogen (secondary N) is 2. The van der Waals surface area contributed by atoms with Crippen molar-refractivity contribution in [2.24, 2.45) is 11.8 Å². The lowest BCUT2D eigenvalue weighted by atomic mass is 10.1. The van der Waals surface area contributed by atoms with E-state index in [2.05, 4.69) is 10.1 Å². The first kappa shape index (κ1) is 21.7. The van der Waals surface area contributed by atoms with Gasteiger partial charge in [-0.25, -0.2) is 9.88 Å². The molecule has 1 aliphatic rings. The highest BCUT2D eigenvalue weighted by Crippen LogP contribution is 2.35. The third-order valence-corrected chi connectivity index (χ3v) is 4.91. The Morgan fingerprint density at radius 1 is 1.52 bits per heavy atom. The quantitative estimate of drug-likeness (QED) is 0.308. The maximum Gasteiger partial charge on any atom is 0.330 e. The van der Waals surface area contributed by atoms with E-state index in [1.165, 1.54) is 16.8 Å². The van der Waals surface area contributed by atoms with Crippen molar-refractivity contribution in [1.82, 2.24) is 14.6 Å². The summed E-state index contributed by atoms with van der Waals surface area (Å²) in [6, 6.07) is 1.27. The van der Waals surface area contributed by atoms with Gasteiger partial charge in [0.1, 0.15) is 12.8 Å². The Labute approximate surface area is 157 Å². The van der Waals surface area contributed by atoms with Gasteiger partial charge in [-0.1, -0.05) is 20.8 Å². The first-order chi connectivity index (χ1) is 12.8. The van der Waals surface area contributed by atoms with Gasteiger partial charge >= 0.3 is 11.7 Å². The second kappa shape index (κ2) is 10.1. The SMILES string of the molecule is CC(C)C(=O)OCCN[P@@](O)OCC1CC(C)C(n2ccc(=O)[nH]c2=O)O1. The standard InChI is InChI=1S/C16H26N3O7P/c1-10(2)15(21)24-7-5-17-27(23)25-9-12-8-11(3)14(26-12)19-6-4-13(20)18-16(19)22/h4,6,10-12,14,17,23H,5,7-9H2,1-3H3,(H,18,20,22)/t11?,12?,14?,27-/m0/s1. The fourth-order valence-electron chi connectivity index (χ4n) is 2.65. The van der Waals surface area contributed by atoms with Crippen LogP contribution in [0.4, 0.5) is 0 Å². The van der Waals surface area contributed by atoms with Crippen LogP contribution in [-0.4, -0.2) is 46.3 Å². The summed E-state index contributed by atoms with van der Waals surface area (Å²) < 4.78 is 17.5. The maximum absolute atomic E-state index is 11.9. The lowest BCUT2D eigenvalue weighted by Crippen LogP contribution is -2.33. The van der Waals surface area contributed by atoms with Gasteiger partial charge in [0.15, 0.2) is 0 Å². The highest BCUT2D eigenvalue weighted by Gasteiger charge is 2.34. The van der Waals surface area contributed by atoms with Gasteiger partial charge in [-0.15, -0.1) is 0 Å². The van der Waals surface area contributed by atoms with Gasteiger partial charge in [-0.05, 0) is 6.42 Å². The molecule has 0 amide bonds. The molecule has 1 aliphatic heterocycles. The van der Waals surface area contributed by atoms with E-state index in [4.69, 9.17) is 14.0 Å². The number of esters is 1. The van der Waals surface area contributed by atoms with Crippen LogP contribution in [0.2, 0.25) is 0 Å². The van der Waals surface area contributed by atoms with Crippen molar-refractivity contribution in [3.05, 3.63) is 33.1 Å². The first-order valence-electron chi connectivity index (χ1n) is 8.77. The Morgan fingerprint density at radius 3 is 2.93 bits per heavy atom. The molecule has 0 aromatic carbocycles. The highest BCUT2D eigenvalue weighted by molar-refractivity contribution is 7.43. The summed E-state index contributed by atoms with van der Waals surface area (Å²) in [5.74, 6) is -0.450. The van der Waals surface area contributed by atoms with Gasteiger partial charge in [0, 0.05) is 24.7 Å². The molecule has 3 N–H and O–H groups in total. The number of aromatic nitrogens is 2. The molecule has 4 atom stereocenters. The minimum atomic E-state index is -1.87. The Morgan fingerprint density at radius 2 is 2.26 bits per heavy atom. The molecule has 0 saturated carbocycles. The van der Waals surface area contributed by atoms with E-state index in [0.717, 1.165) is 0 Å². The first-order valence-corrected chi connectivity index (χ1v) is 9.98. The van der Waals surface area contributed by atoms with Gasteiger partial charge in [-0.3, -0.25) is 19.1 Å². The second-order valence-electron chi connectivity index (χ2n) is 6.68. The fraction of sp³-hybridized carbons (Fsp3) is 0.688. The van der Waals surface area contributed by atoms with Crippen molar-refractivity contribution in [3.8, 4) is 0 Å². The molecule has 1 saturated heterocycles. The summed E-state index contributed by atoms with van der Waals surface area (Å²) in [7, 11) is -1.87. The van der Waals surface area contributed by atoms with Crippen molar-refractivity contribution < 1.29 is 23.7 Å². The highest BCUT2D eigenvalue weighted by atomic mass is 31.2. The van der Waals surface area contributed by atoms with Gasteiger partial charge in [0.2, 0.25) is 0 Å². The number of hydrogen-bond acceptors (Lipinski definition) is 8. The average molecular weight is 403 g/mol. The zero-order valence-corrected chi connectivity index (χ0v) is 16.5. The van der Waals surface area contributed by atoms with Crippen LogP contribution in [0.25, 0.3) is 0 Å². The number of ether oxygens (including phenoxy) is 2. The van der Waals surface area contributed by atoms with Crippen LogP contribution in [0.3, 0.4) is 0 Å². The Hall–Kier alpha value is -1.58. The Balaban J connectivity index is 1.73. The summed E-state index contributed by atoms with van der Waals surface area (Å²) in [4.78, 5) is 46.4. The Bertz CT molecular complexity index is 735. The van der Waals surface area contributed by atoms with E-state index in [-0.39, 0.29) is 43.7 Å². The van der Waals surface area contributed by atoms with E-state index in [9.17, 15) is 19.3 Å². The van der Waals surface area contributed by atoms with Gasteiger partial charge < -0.3 is 18.9 Å². The molecule has 0 spiro atoms. The molecule has 0 bridgehead atoms. The summed E-state index contributed by atoms with van der Waals surface area (Å²) in [5, 5.41) is 2.74. The third-order valence-electron chi connectivity index (χ3n) is 4.03. The van der Waals surface area contributed by atoms with Gasteiger partial charge in [0.25, 0.3) is 14.1 Å². The van der Waals surface area contributed by atoms with E-state index < -0.39 is 26.0 Å². The minimum Gasteiger partial charge on any atom is -0.464 e. The molecule has 2 heterocycles. The smallest absolute Gasteiger partial charge is 0.330 e. The van der Waals surface area contributed by atoms with E-state index in [0.29, 0.717) is 6.42 Å². The number of rotatable bonds is 9. The lowest BCUT2D eigenvalue weighted by Gasteiger charge is -2.18. The van der Waals surface area contributed by atoms with E-state index in [1.54, 1.807) is 13.8 Å². The van der Waals surface area contributed by atoms with Crippen molar-refractivity contribution in [2.75, 3.05) is 19.8 Å². The molecular formula is C16H26N3O7P. The summed E-state index contributed by atoms with van der Waals surface area (Å²) in [6.07, 6.45) is 1.26. The van der Waals surface area contributed by atoms with Crippen LogP contribution in [0.5, 0.6) is 0 Å². The number of nitrogens with zero attached hydrogens (tertiary/aromatic N) is 1. The maximum atomic E-state index is 11.9. The predicted molar refractivity (Wildman–Crippen MR) is 97.9 cm³/mol. The average Bonchev–Trinajstić information content (AvgIpc) is 2.97. The van der Waals surface area contributed by atoms with Gasteiger partial charge in [-0.2, -0.15) is 0 Å². The lowest BCUT2D eigenvalue weighted by molar-refractivity contribution is -0.147. The number of hydrogen-bond donors (Lipinski definition) is 3. The normalized spacial score (nSPS) is 23.5. The predicted octanol–water partition coefficient (Wildman–Crippen LogP) is 0.485. The van der Waals surface area contributed by atoms with E-state index in [1.807, 2.05) is 6.92 Å². The molecule has 2 rings (SSSR count). The summed E-state index contributed by atoms with van der Waals surface area (Å²) in [6.45, 7) is 6.00. The molecule has 10 nitrogen and oxygen atoms in total. The molecule has 3 unspecified atom stereocenters. The van der Waals surface area contributed by atoms with Crippen LogP contribution >= 0.6 is 8.53 Å². The van der Waals surface area contributed by atoms with E-state index >= 15 is 0 Å². The molecule has 1 aromatic heterocycles. The Kier molecular flexibility index (Phi) is 8.12. The molecule has 0 radical (unpaired) electrons. The number of carbonyl (C=O) groups is 1. The van der Waals surface area contributed by atoms with Crippen LogP contribution in [0.1, 0.15) is 33.4 Å². The van der Waals surface area contributed by atoms with Crippen molar-refractivity contribution in [3.63, 3.8) is 0 Å². The molecule has 27 heavy (non-hydrogen) atoms. The van der Waals surface area contributed by atoms with Crippen LogP contribution < -0.4 is 16.3 Å². The number of aromatic amines is 1. The summed E-state index contributed by atoms with van der Waals surface area (Å²) in [5.41, 5.74) is -0.985. The van der Waals surface area contributed by atoms with Crippen LogP contribution in [0, 0.1) is 11.8 Å².